The number of nitrogens with one attached hydrogen (secondary N) is 1. The molecule has 1 aliphatic rings. The number of hydrogen-bond acceptors (Lipinski definition) is 9. The van der Waals surface area contributed by atoms with Crippen LogP contribution in [0.4, 0.5) is 17.5 Å². The van der Waals surface area contributed by atoms with Crippen molar-refractivity contribution in [2.45, 2.75) is 33.6 Å². The van der Waals surface area contributed by atoms with Gasteiger partial charge < -0.3 is 24.1 Å². The van der Waals surface area contributed by atoms with E-state index in [9.17, 15) is 9.59 Å². The first-order valence-corrected chi connectivity index (χ1v) is 10.8. The van der Waals surface area contributed by atoms with Crippen molar-refractivity contribution in [1.29, 1.82) is 0 Å². The van der Waals surface area contributed by atoms with Gasteiger partial charge in [0.25, 0.3) is 0 Å². The molecule has 2 aromatic heterocycles. The van der Waals surface area contributed by atoms with Crippen molar-refractivity contribution in [3.63, 3.8) is 0 Å². The minimum absolute atomic E-state index is 0.00914. The molecule has 0 radical (unpaired) electrons. The van der Waals surface area contributed by atoms with Crippen LogP contribution in [-0.2, 0) is 9.47 Å². The van der Waals surface area contributed by atoms with Gasteiger partial charge in [0.05, 0.1) is 24.2 Å². The molecule has 0 aliphatic carbocycles. The van der Waals surface area contributed by atoms with Gasteiger partial charge in [0.15, 0.2) is 11.6 Å². The average molecular weight is 438 g/mol. The van der Waals surface area contributed by atoms with E-state index in [0.29, 0.717) is 17.2 Å². The fourth-order valence-corrected chi connectivity index (χ4v) is 3.81. The summed E-state index contributed by atoms with van der Waals surface area (Å²) in [4.78, 5) is 37.0. The zero-order valence-electron chi connectivity index (χ0n) is 18.4. The van der Waals surface area contributed by atoms with Gasteiger partial charge >= 0.3 is 11.9 Å². The highest BCUT2D eigenvalue weighted by molar-refractivity contribution is 6.07. The van der Waals surface area contributed by atoms with Gasteiger partial charge in [0.2, 0.25) is 5.88 Å². The number of rotatable bonds is 7. The molecule has 1 fully saturated rings. The predicted molar refractivity (Wildman–Crippen MR) is 120 cm³/mol. The monoisotopic (exact) mass is 438 g/mol. The molecule has 9 nitrogen and oxygen atoms in total. The molecule has 0 bridgehead atoms. The maximum Gasteiger partial charge on any atom is 0.344 e. The van der Waals surface area contributed by atoms with Crippen LogP contribution in [0, 0.1) is 6.92 Å². The van der Waals surface area contributed by atoms with Crippen LogP contribution in [0.1, 0.15) is 53.2 Å². The Morgan fingerprint density at radius 1 is 1.00 bits per heavy atom. The third-order valence-corrected chi connectivity index (χ3v) is 5.23. The van der Waals surface area contributed by atoms with Gasteiger partial charge in [0.1, 0.15) is 16.9 Å². The Labute approximate surface area is 185 Å². The fourth-order valence-electron chi connectivity index (χ4n) is 3.81. The van der Waals surface area contributed by atoms with Crippen molar-refractivity contribution in [3.05, 3.63) is 41.2 Å². The SMILES string of the molecule is CCOC(=O)c1c(C)oc(Nc2nc3ccccc3nc2N2CCCC2)c1C(=O)OCC. The van der Waals surface area contributed by atoms with Crippen molar-refractivity contribution < 1.29 is 23.5 Å². The van der Waals surface area contributed by atoms with Gasteiger partial charge in [-0.05, 0) is 45.7 Å². The van der Waals surface area contributed by atoms with E-state index in [0.717, 1.165) is 31.4 Å². The number of benzene rings is 1. The molecule has 9 heteroatoms. The van der Waals surface area contributed by atoms with Gasteiger partial charge in [-0.2, -0.15) is 0 Å². The Kier molecular flexibility index (Phi) is 6.25. The van der Waals surface area contributed by atoms with Crippen LogP contribution in [0.2, 0.25) is 0 Å². The quantitative estimate of drug-likeness (QED) is 0.542. The van der Waals surface area contributed by atoms with E-state index in [4.69, 9.17) is 23.9 Å². The number of aromatic nitrogens is 2. The molecule has 3 heterocycles. The minimum Gasteiger partial charge on any atom is -0.462 e. The van der Waals surface area contributed by atoms with Crippen LogP contribution in [0.5, 0.6) is 0 Å². The molecular weight excluding hydrogens is 412 g/mol. The number of furan rings is 1. The lowest BCUT2D eigenvalue weighted by Gasteiger charge is -2.20. The van der Waals surface area contributed by atoms with Crippen LogP contribution >= 0.6 is 0 Å². The Balaban J connectivity index is 1.83. The normalized spacial score (nSPS) is 13.4. The summed E-state index contributed by atoms with van der Waals surface area (Å²) >= 11 is 0. The molecule has 1 aliphatic heterocycles. The lowest BCUT2D eigenvalue weighted by molar-refractivity contribution is 0.0480. The molecule has 1 N–H and O–H groups in total. The highest BCUT2D eigenvalue weighted by Gasteiger charge is 2.32. The highest BCUT2D eigenvalue weighted by Crippen LogP contribution is 2.35. The van der Waals surface area contributed by atoms with Crippen LogP contribution < -0.4 is 10.2 Å². The van der Waals surface area contributed by atoms with Crippen molar-refractivity contribution in [2.24, 2.45) is 0 Å². The Hall–Kier alpha value is -3.62. The van der Waals surface area contributed by atoms with Crippen LogP contribution in [-0.4, -0.2) is 48.2 Å². The number of carbonyl (C=O) groups excluding carboxylic acids is 2. The third kappa shape index (κ3) is 4.10. The molecule has 1 aromatic carbocycles. The molecule has 168 valence electrons. The van der Waals surface area contributed by atoms with Crippen molar-refractivity contribution in [1.82, 2.24) is 9.97 Å². The zero-order chi connectivity index (χ0) is 22.7. The standard InChI is InChI=1S/C23H26N4O5/c1-4-30-22(28)17-14(3)32-21(18(17)23(29)31-5-2)26-19-20(27-12-8-9-13-27)25-16-11-7-6-10-15(16)24-19/h6-7,10-11H,4-5,8-9,12-13H2,1-3H3,(H,24,26). The maximum absolute atomic E-state index is 12.8. The number of hydrogen-bond donors (Lipinski definition) is 1. The second kappa shape index (κ2) is 9.25. The summed E-state index contributed by atoms with van der Waals surface area (Å²) < 4.78 is 16.1. The second-order valence-corrected chi connectivity index (χ2v) is 7.38. The number of ether oxygens (including phenoxy) is 2. The Morgan fingerprint density at radius 3 is 2.22 bits per heavy atom. The average Bonchev–Trinajstić information content (AvgIpc) is 3.41. The number of carbonyl (C=O) groups is 2. The molecule has 0 spiro atoms. The van der Waals surface area contributed by atoms with Gasteiger partial charge in [-0.3, -0.25) is 0 Å². The lowest BCUT2D eigenvalue weighted by Crippen LogP contribution is -2.21. The highest BCUT2D eigenvalue weighted by atomic mass is 16.5. The molecule has 0 amide bonds. The summed E-state index contributed by atoms with van der Waals surface area (Å²) in [5, 5.41) is 3.12. The molecule has 4 rings (SSSR count). The second-order valence-electron chi connectivity index (χ2n) is 7.38. The topological polar surface area (TPSA) is 107 Å². The first-order chi connectivity index (χ1) is 15.5. The summed E-state index contributed by atoms with van der Waals surface area (Å²) in [6.45, 7) is 7.04. The number of esters is 2. The van der Waals surface area contributed by atoms with Gasteiger partial charge in [-0.1, -0.05) is 12.1 Å². The van der Waals surface area contributed by atoms with Crippen LogP contribution in [0.25, 0.3) is 11.0 Å². The van der Waals surface area contributed by atoms with E-state index < -0.39 is 11.9 Å². The predicted octanol–water partition coefficient (Wildman–Crippen LogP) is 4.23. The number of para-hydroxylation sites is 2. The van der Waals surface area contributed by atoms with Gasteiger partial charge in [-0.15, -0.1) is 0 Å². The summed E-state index contributed by atoms with van der Waals surface area (Å²) in [6.07, 6.45) is 2.13. The summed E-state index contributed by atoms with van der Waals surface area (Å²) in [6, 6.07) is 7.57. The van der Waals surface area contributed by atoms with E-state index in [1.165, 1.54) is 0 Å². The molecule has 3 aromatic rings. The zero-order valence-corrected chi connectivity index (χ0v) is 18.4. The van der Waals surface area contributed by atoms with Gasteiger partial charge in [-0.25, -0.2) is 19.6 Å². The molecule has 0 saturated carbocycles. The third-order valence-electron chi connectivity index (χ3n) is 5.23. The summed E-state index contributed by atoms with van der Waals surface area (Å²) in [5.74, 6) is 0.128. The molecule has 1 saturated heterocycles. The van der Waals surface area contributed by atoms with Crippen LogP contribution in [0.3, 0.4) is 0 Å². The maximum atomic E-state index is 12.8. The van der Waals surface area contributed by atoms with E-state index in [1.807, 2.05) is 24.3 Å². The largest absolute Gasteiger partial charge is 0.462 e. The molecule has 0 atom stereocenters. The van der Waals surface area contributed by atoms with Crippen molar-refractivity contribution in [2.75, 3.05) is 36.5 Å². The number of nitrogens with zero attached hydrogens (tertiary/aromatic N) is 3. The number of fused-ring (bicyclic) bond motifs is 1. The van der Waals surface area contributed by atoms with Gasteiger partial charge in [0, 0.05) is 13.1 Å². The Morgan fingerprint density at radius 2 is 1.59 bits per heavy atom. The van der Waals surface area contributed by atoms with E-state index in [1.54, 1.807) is 20.8 Å². The number of anilines is 3. The number of aryl methyl sites for hydroxylation is 1. The molecule has 32 heavy (non-hydrogen) atoms. The van der Waals surface area contributed by atoms with E-state index in [-0.39, 0.29) is 36.0 Å². The van der Waals surface area contributed by atoms with E-state index >= 15 is 0 Å². The summed E-state index contributed by atoms with van der Waals surface area (Å²) in [5.41, 5.74) is 1.51. The van der Waals surface area contributed by atoms with Crippen molar-refractivity contribution >= 4 is 40.5 Å². The summed E-state index contributed by atoms with van der Waals surface area (Å²) in [7, 11) is 0. The van der Waals surface area contributed by atoms with Crippen molar-refractivity contribution in [3.8, 4) is 0 Å². The molecule has 0 unspecified atom stereocenters. The lowest BCUT2D eigenvalue weighted by atomic mass is 10.1. The van der Waals surface area contributed by atoms with E-state index in [2.05, 4.69) is 10.2 Å². The minimum atomic E-state index is -0.675. The Bertz CT molecular complexity index is 1150. The van der Waals surface area contributed by atoms with Crippen LogP contribution in [0.15, 0.2) is 28.7 Å². The molecular formula is C23H26N4O5. The fraction of sp³-hybridized carbons (Fsp3) is 0.391. The first kappa shape index (κ1) is 21.6. The smallest absolute Gasteiger partial charge is 0.344 e. The first-order valence-electron chi connectivity index (χ1n) is 10.8.